The van der Waals surface area contributed by atoms with Crippen molar-refractivity contribution >= 4 is 32.6 Å². The Kier molecular flexibility index (Phi) is 11.2. The normalized spacial score (nSPS) is 13.6. The topological polar surface area (TPSA) is 140 Å². The molecule has 0 fully saturated rings. The molecule has 0 aliphatic heterocycles. The second-order valence-electron chi connectivity index (χ2n) is 7.33. The van der Waals surface area contributed by atoms with Gasteiger partial charge in [-0.3, -0.25) is 9.59 Å². The number of alkyl carbamates (subject to hydrolysis) is 1. The van der Waals surface area contributed by atoms with Crippen molar-refractivity contribution < 1.29 is 33.0 Å². The Morgan fingerprint density at radius 1 is 0.903 bits per heavy atom. The molecular weight excluding hydrogens is 425 g/mol. The number of carbonyl (C=O) groups excluding carboxylic acids is 4. The predicted octanol–water partition coefficient (Wildman–Crippen LogP) is 2.09. The summed E-state index contributed by atoms with van der Waals surface area (Å²) in [6, 6.07) is 6.08. The minimum Gasteiger partial charge on any atom is -0.445 e. The highest BCUT2D eigenvalue weighted by Crippen LogP contribution is 2.09. The van der Waals surface area contributed by atoms with Crippen LogP contribution >= 0.6 is 8.69 Å². The summed E-state index contributed by atoms with van der Waals surface area (Å²) in [5.41, 5.74) is 0.797. The van der Waals surface area contributed by atoms with Gasteiger partial charge in [0.1, 0.15) is 24.7 Å². The predicted molar refractivity (Wildman–Crippen MR) is 112 cm³/mol. The van der Waals surface area contributed by atoms with Gasteiger partial charge < -0.3 is 25.2 Å². The average molecular weight is 453 g/mol. The summed E-state index contributed by atoms with van der Waals surface area (Å²) in [4.78, 5) is 48.4. The van der Waals surface area contributed by atoms with E-state index in [1.165, 1.54) is 13.8 Å². The van der Waals surface area contributed by atoms with E-state index in [1.807, 2.05) is 32.0 Å². The molecule has 11 heteroatoms. The van der Waals surface area contributed by atoms with Crippen LogP contribution in [0.3, 0.4) is 0 Å². The van der Waals surface area contributed by atoms with E-state index in [2.05, 4.69) is 20.5 Å². The van der Waals surface area contributed by atoms with Crippen molar-refractivity contribution in [2.24, 2.45) is 5.92 Å². The molecule has 1 aromatic carbocycles. The lowest BCUT2D eigenvalue weighted by molar-refractivity contribution is -0.139. The molecule has 1 aromatic rings. The fourth-order valence-electron chi connectivity index (χ4n) is 2.49. The number of benzene rings is 1. The lowest BCUT2D eigenvalue weighted by Gasteiger charge is -2.22. The molecule has 0 bridgehead atoms. The number of ether oxygens (including phenoxy) is 1. The molecule has 0 unspecified atom stereocenters. The first kappa shape index (κ1) is 26.0. The number of carbonyl (C=O) groups is 4. The minimum atomic E-state index is -1.00. The first-order valence-corrected chi connectivity index (χ1v) is 10.5. The number of amides is 3. The lowest BCUT2D eigenvalue weighted by Crippen LogP contribution is -2.54. The molecule has 0 saturated heterocycles. The highest BCUT2D eigenvalue weighted by atomic mass is 31.1. The number of hydrogen-bond acceptors (Lipinski definition) is 7. The fourth-order valence-corrected chi connectivity index (χ4v) is 2.69. The molecular formula is C20H28N3O7P. The van der Waals surface area contributed by atoms with E-state index < -0.39 is 50.7 Å². The van der Waals surface area contributed by atoms with Crippen LogP contribution in [-0.2, 0) is 34.8 Å². The first-order chi connectivity index (χ1) is 14.6. The van der Waals surface area contributed by atoms with Crippen LogP contribution < -0.4 is 16.0 Å². The molecule has 3 N–H and O–H groups in total. The van der Waals surface area contributed by atoms with Crippen LogP contribution in [0.4, 0.5) is 4.79 Å². The third-order valence-electron chi connectivity index (χ3n) is 4.13. The highest BCUT2D eigenvalue weighted by molar-refractivity contribution is 7.18. The van der Waals surface area contributed by atoms with Crippen LogP contribution in [0.25, 0.3) is 0 Å². The van der Waals surface area contributed by atoms with Gasteiger partial charge in [0.05, 0.1) is 0 Å². The van der Waals surface area contributed by atoms with Crippen molar-refractivity contribution in [3.05, 3.63) is 35.9 Å². The highest BCUT2D eigenvalue weighted by Gasteiger charge is 2.27. The second kappa shape index (κ2) is 13.3. The molecule has 0 aliphatic carbocycles. The number of rotatable bonds is 11. The van der Waals surface area contributed by atoms with E-state index in [9.17, 15) is 23.7 Å². The summed E-state index contributed by atoms with van der Waals surface area (Å²) in [6.45, 7) is 6.61. The Bertz CT molecular complexity index is 773. The number of hydrogen-bond donors (Lipinski definition) is 3. The zero-order chi connectivity index (χ0) is 23.4. The van der Waals surface area contributed by atoms with Crippen molar-refractivity contribution in [2.45, 2.75) is 58.8 Å². The number of nitrogens with one attached hydrogen (secondary N) is 3. The zero-order valence-corrected chi connectivity index (χ0v) is 18.8. The van der Waals surface area contributed by atoms with Crippen LogP contribution in [0.2, 0.25) is 0 Å². The van der Waals surface area contributed by atoms with Gasteiger partial charge >= 0.3 is 20.7 Å². The Morgan fingerprint density at radius 3 is 2.06 bits per heavy atom. The molecule has 0 spiro atoms. The van der Waals surface area contributed by atoms with Gasteiger partial charge in [0.25, 0.3) is 0 Å². The molecule has 0 saturated carbocycles. The molecule has 0 heterocycles. The summed E-state index contributed by atoms with van der Waals surface area (Å²) in [5, 5.41) is 7.31. The van der Waals surface area contributed by atoms with E-state index >= 15 is 0 Å². The summed E-state index contributed by atoms with van der Waals surface area (Å²) in [5.74, 6) is -2.02. The first-order valence-electron chi connectivity index (χ1n) is 9.75. The van der Waals surface area contributed by atoms with Gasteiger partial charge in [0.15, 0.2) is 0 Å². The molecule has 0 radical (unpaired) electrons. The Balaban J connectivity index is 2.52. The Hall–Kier alpha value is -3.00. The fraction of sp³-hybridized carbons (Fsp3) is 0.500. The standard InChI is InChI=1S/C20H28N3O7P/c1-12(2)10-16(19(26)30-31-28)23-18(25)13(3)21-17(24)14(4)22-20(27)29-11-15-8-6-5-7-9-15/h5-9,12-14,16H,10-11H2,1-4H3,(H,21,24)(H,22,27)(H,23,25)/t13-,14-,16-/m0/s1. The molecule has 3 atom stereocenters. The van der Waals surface area contributed by atoms with Crippen LogP contribution in [0.1, 0.15) is 39.7 Å². The Morgan fingerprint density at radius 2 is 1.48 bits per heavy atom. The maximum absolute atomic E-state index is 12.4. The smallest absolute Gasteiger partial charge is 0.408 e. The van der Waals surface area contributed by atoms with Gasteiger partial charge in [-0.15, -0.1) is 0 Å². The largest absolute Gasteiger partial charge is 0.445 e. The van der Waals surface area contributed by atoms with E-state index in [0.717, 1.165) is 5.56 Å². The van der Waals surface area contributed by atoms with Gasteiger partial charge in [-0.05, 0) is 31.7 Å². The molecule has 170 valence electrons. The van der Waals surface area contributed by atoms with Crippen LogP contribution in [-0.4, -0.2) is 42.0 Å². The zero-order valence-electron chi connectivity index (χ0n) is 17.9. The van der Waals surface area contributed by atoms with Gasteiger partial charge in [0, 0.05) is 0 Å². The van der Waals surface area contributed by atoms with E-state index in [0.29, 0.717) is 0 Å². The van der Waals surface area contributed by atoms with Gasteiger partial charge in [0.2, 0.25) is 11.8 Å². The molecule has 0 aliphatic rings. The minimum absolute atomic E-state index is 0.0515. The summed E-state index contributed by atoms with van der Waals surface area (Å²) in [6.07, 6.45) is -0.508. The lowest BCUT2D eigenvalue weighted by atomic mass is 10.0. The maximum atomic E-state index is 12.4. The third-order valence-corrected chi connectivity index (χ3v) is 4.38. The maximum Gasteiger partial charge on any atom is 0.408 e. The van der Waals surface area contributed by atoms with Crippen LogP contribution in [0.15, 0.2) is 30.3 Å². The van der Waals surface area contributed by atoms with Crippen molar-refractivity contribution in [1.29, 1.82) is 0 Å². The summed E-state index contributed by atoms with van der Waals surface area (Å²) >= 11 is 0. The van der Waals surface area contributed by atoms with Gasteiger partial charge in [-0.2, -0.15) is 0 Å². The second-order valence-corrected chi connectivity index (χ2v) is 7.67. The average Bonchev–Trinajstić information content (AvgIpc) is 2.72. The van der Waals surface area contributed by atoms with Gasteiger partial charge in [-0.1, -0.05) is 44.2 Å². The third kappa shape index (κ3) is 10.0. The van der Waals surface area contributed by atoms with E-state index in [1.54, 1.807) is 12.1 Å². The van der Waals surface area contributed by atoms with Crippen molar-refractivity contribution in [1.82, 2.24) is 16.0 Å². The molecule has 31 heavy (non-hydrogen) atoms. The molecule has 10 nitrogen and oxygen atoms in total. The monoisotopic (exact) mass is 453 g/mol. The Labute approximate surface area is 182 Å². The molecule has 0 aromatic heterocycles. The molecule has 1 rings (SSSR count). The van der Waals surface area contributed by atoms with Gasteiger partial charge in [-0.25, -0.2) is 14.2 Å². The molecule has 3 amide bonds. The van der Waals surface area contributed by atoms with Crippen molar-refractivity contribution in [2.75, 3.05) is 0 Å². The van der Waals surface area contributed by atoms with E-state index in [-0.39, 0.29) is 18.9 Å². The van der Waals surface area contributed by atoms with Crippen LogP contribution in [0.5, 0.6) is 0 Å². The van der Waals surface area contributed by atoms with Crippen molar-refractivity contribution in [3.63, 3.8) is 0 Å². The van der Waals surface area contributed by atoms with E-state index in [4.69, 9.17) is 4.74 Å². The quantitative estimate of drug-likeness (QED) is 0.436. The SMILES string of the molecule is CC(C)C[C@H](NC(=O)[C@H](C)NC(=O)[C@H](C)NC(=O)OCc1ccccc1)C(=O)OP=O. The van der Waals surface area contributed by atoms with Crippen LogP contribution in [0, 0.1) is 5.92 Å². The summed E-state index contributed by atoms with van der Waals surface area (Å²) in [7, 11) is -0.811. The van der Waals surface area contributed by atoms with Crippen molar-refractivity contribution in [3.8, 4) is 0 Å². The summed E-state index contributed by atoms with van der Waals surface area (Å²) < 4.78 is 20.0.